The third-order valence-corrected chi connectivity index (χ3v) is 3.21. The van der Waals surface area contributed by atoms with E-state index in [0.29, 0.717) is 0 Å². The summed E-state index contributed by atoms with van der Waals surface area (Å²) in [6, 6.07) is 1.72. The summed E-state index contributed by atoms with van der Waals surface area (Å²) in [5, 5.41) is 3.26. The van der Waals surface area contributed by atoms with Gasteiger partial charge in [-0.1, -0.05) is 5.11 Å². The molecule has 0 unspecified atom stereocenters. The first-order valence-electron chi connectivity index (χ1n) is 5.83. The Bertz CT molecular complexity index is 732. The molecule has 114 valence electrons. The smallest absolute Gasteiger partial charge is 0.338 e. The second-order valence-corrected chi connectivity index (χ2v) is 6.59. The van der Waals surface area contributed by atoms with Crippen molar-refractivity contribution in [1.82, 2.24) is 0 Å². The van der Waals surface area contributed by atoms with Gasteiger partial charge in [-0.3, -0.25) is 0 Å². The molecule has 0 amide bonds. The molecule has 0 bridgehead atoms. The highest BCUT2D eigenvalue weighted by molar-refractivity contribution is 7.86. The van der Waals surface area contributed by atoms with E-state index in [2.05, 4.69) is 10.0 Å². The monoisotopic (exact) mass is 315 g/mol. The summed E-state index contributed by atoms with van der Waals surface area (Å²) in [6.07, 6.45) is 0. The second-order valence-electron chi connectivity index (χ2n) is 5.24. The van der Waals surface area contributed by atoms with Gasteiger partial charge in [0.2, 0.25) is 0 Å². The highest BCUT2D eigenvalue weighted by atomic mass is 32.3. The number of carbonyl (C=O) groups excluding carboxylic acids is 1. The number of hydrogen-bond donors (Lipinski definition) is 0. The van der Waals surface area contributed by atoms with Crippen LogP contribution in [0.4, 0.5) is 9.57 Å². The average Bonchev–Trinajstić information content (AvgIpc) is 2.28. The fourth-order valence-electron chi connectivity index (χ4n) is 1.51. The molecule has 1 aromatic carbocycles. The maximum atomic E-state index is 13.1. The van der Waals surface area contributed by atoms with Crippen LogP contribution in [0.2, 0.25) is 0 Å². The molecule has 1 aromatic rings. The maximum absolute atomic E-state index is 13.1. The number of nitrogens with zero attached hydrogens (tertiary/aromatic N) is 3. The van der Waals surface area contributed by atoms with Gasteiger partial charge in [0.1, 0.15) is 5.60 Å². The third-order valence-electron chi connectivity index (χ3n) is 2.41. The first-order chi connectivity index (χ1) is 9.45. The average molecular weight is 315 g/mol. The van der Waals surface area contributed by atoms with Crippen molar-refractivity contribution in [2.75, 3.05) is 0 Å². The second kappa shape index (κ2) is 5.71. The molecule has 7 nitrogen and oxygen atoms in total. The van der Waals surface area contributed by atoms with E-state index in [1.807, 2.05) is 0 Å². The van der Waals surface area contributed by atoms with Crippen LogP contribution in [0.15, 0.2) is 22.1 Å². The van der Waals surface area contributed by atoms with Crippen LogP contribution in [0, 0.1) is 6.92 Å². The minimum atomic E-state index is -5.05. The number of halogens is 1. The molecule has 0 radical (unpaired) electrons. The fraction of sp³-hybridized carbons (Fsp3) is 0.417. The van der Waals surface area contributed by atoms with Gasteiger partial charge in [-0.25, -0.2) is 4.79 Å². The molecule has 0 aliphatic heterocycles. The number of carbonyl (C=O) groups is 1. The van der Waals surface area contributed by atoms with Crippen LogP contribution in [0.3, 0.4) is 0 Å². The van der Waals surface area contributed by atoms with Crippen molar-refractivity contribution in [3.8, 4) is 0 Å². The van der Waals surface area contributed by atoms with Crippen molar-refractivity contribution in [2.45, 2.75) is 38.2 Å². The molecule has 1 rings (SSSR count). The predicted octanol–water partition coefficient (Wildman–Crippen LogP) is 3.55. The molecule has 0 fully saturated rings. The quantitative estimate of drug-likeness (QED) is 0.279. The first kappa shape index (κ1) is 16.9. The van der Waals surface area contributed by atoms with Crippen molar-refractivity contribution in [1.29, 1.82) is 0 Å². The molecule has 0 saturated carbocycles. The molecule has 0 spiro atoms. The van der Waals surface area contributed by atoms with Crippen molar-refractivity contribution >= 4 is 21.9 Å². The zero-order chi connectivity index (χ0) is 16.4. The number of ether oxygens (including phenoxy) is 1. The van der Waals surface area contributed by atoms with Crippen LogP contribution >= 0.6 is 0 Å². The summed E-state index contributed by atoms with van der Waals surface area (Å²) >= 11 is 0. The summed E-state index contributed by atoms with van der Waals surface area (Å²) in [5.74, 6) is -0.833. The molecule has 0 N–H and O–H groups in total. The Labute approximate surface area is 121 Å². The summed E-state index contributed by atoms with van der Waals surface area (Å²) in [7, 11) is -5.05. The number of esters is 1. The first-order valence-corrected chi connectivity index (χ1v) is 7.22. The standard InChI is InChI=1S/C12H14FN3O4S/c1-7-9(11(17)20-12(2,3)4)5-8(21(13,18)19)6-10(7)15-16-14/h5-6H,1-4H3. The Morgan fingerprint density at radius 2 is 1.95 bits per heavy atom. The minimum Gasteiger partial charge on any atom is -0.456 e. The lowest BCUT2D eigenvalue weighted by molar-refractivity contribution is 0.00685. The number of hydrogen-bond acceptors (Lipinski definition) is 5. The van der Waals surface area contributed by atoms with E-state index >= 15 is 0 Å². The largest absolute Gasteiger partial charge is 0.456 e. The van der Waals surface area contributed by atoms with Crippen LogP contribution in [-0.2, 0) is 15.0 Å². The van der Waals surface area contributed by atoms with E-state index in [4.69, 9.17) is 10.3 Å². The van der Waals surface area contributed by atoms with Gasteiger partial charge in [0.05, 0.1) is 10.5 Å². The number of azide groups is 1. The molecule has 0 atom stereocenters. The lowest BCUT2D eigenvalue weighted by Crippen LogP contribution is -2.24. The number of benzene rings is 1. The van der Waals surface area contributed by atoms with E-state index in [9.17, 15) is 17.1 Å². The van der Waals surface area contributed by atoms with E-state index in [1.165, 1.54) is 6.92 Å². The van der Waals surface area contributed by atoms with Crippen LogP contribution in [0.25, 0.3) is 10.4 Å². The molecule has 9 heteroatoms. The van der Waals surface area contributed by atoms with Crippen LogP contribution in [0.5, 0.6) is 0 Å². The molecule has 21 heavy (non-hydrogen) atoms. The van der Waals surface area contributed by atoms with E-state index < -0.39 is 26.7 Å². The summed E-state index contributed by atoms with van der Waals surface area (Å²) in [5.41, 5.74) is 7.51. The zero-order valence-electron chi connectivity index (χ0n) is 11.9. The predicted molar refractivity (Wildman–Crippen MR) is 73.4 cm³/mol. The molecule has 0 aliphatic carbocycles. The van der Waals surface area contributed by atoms with E-state index in [1.54, 1.807) is 20.8 Å². The van der Waals surface area contributed by atoms with Gasteiger partial charge in [0.25, 0.3) is 0 Å². The SMILES string of the molecule is Cc1c(N=[N+]=[N-])cc(S(=O)(=O)F)cc1C(=O)OC(C)(C)C. The van der Waals surface area contributed by atoms with Crippen molar-refractivity contribution in [2.24, 2.45) is 5.11 Å². The molecule has 0 aliphatic rings. The molecule has 0 heterocycles. The topological polar surface area (TPSA) is 109 Å². The van der Waals surface area contributed by atoms with Gasteiger partial charge in [0.15, 0.2) is 0 Å². The Balaban J connectivity index is 3.54. The van der Waals surface area contributed by atoms with Crippen LogP contribution in [-0.4, -0.2) is 20.0 Å². The van der Waals surface area contributed by atoms with Crippen molar-refractivity contribution < 1.29 is 21.8 Å². The van der Waals surface area contributed by atoms with Gasteiger partial charge >= 0.3 is 16.2 Å². The van der Waals surface area contributed by atoms with E-state index in [-0.39, 0.29) is 16.8 Å². The molecule has 0 saturated heterocycles. The Morgan fingerprint density at radius 1 is 1.38 bits per heavy atom. The van der Waals surface area contributed by atoms with Gasteiger partial charge < -0.3 is 4.74 Å². The zero-order valence-corrected chi connectivity index (χ0v) is 12.7. The molecular formula is C12H14FN3O4S. The minimum absolute atomic E-state index is 0.155. The van der Waals surface area contributed by atoms with Crippen molar-refractivity contribution in [3.63, 3.8) is 0 Å². The van der Waals surface area contributed by atoms with Crippen molar-refractivity contribution in [3.05, 3.63) is 33.7 Å². The van der Waals surface area contributed by atoms with E-state index in [0.717, 1.165) is 12.1 Å². The van der Waals surface area contributed by atoms with Crippen LogP contribution in [0.1, 0.15) is 36.7 Å². The van der Waals surface area contributed by atoms with Crippen LogP contribution < -0.4 is 0 Å². The lowest BCUT2D eigenvalue weighted by atomic mass is 10.1. The van der Waals surface area contributed by atoms with Gasteiger partial charge in [-0.15, -0.1) is 3.89 Å². The van der Waals surface area contributed by atoms with Gasteiger partial charge in [-0.05, 0) is 50.9 Å². The summed E-state index contributed by atoms with van der Waals surface area (Å²) < 4.78 is 40.3. The third kappa shape index (κ3) is 4.44. The van der Waals surface area contributed by atoms with Gasteiger partial charge in [-0.2, -0.15) is 8.42 Å². The molecular weight excluding hydrogens is 301 g/mol. The highest BCUT2D eigenvalue weighted by Crippen LogP contribution is 2.29. The Kier molecular flexibility index (Phi) is 4.60. The lowest BCUT2D eigenvalue weighted by Gasteiger charge is -2.20. The molecule has 0 aromatic heterocycles. The normalized spacial score (nSPS) is 11.7. The Morgan fingerprint density at radius 3 is 2.38 bits per heavy atom. The Hall–Kier alpha value is -2.12. The fourth-order valence-corrected chi connectivity index (χ4v) is 2.02. The van der Waals surface area contributed by atoms with Gasteiger partial charge in [0, 0.05) is 10.6 Å². The maximum Gasteiger partial charge on any atom is 0.338 e. The highest BCUT2D eigenvalue weighted by Gasteiger charge is 2.24. The summed E-state index contributed by atoms with van der Waals surface area (Å²) in [6.45, 7) is 6.33. The summed E-state index contributed by atoms with van der Waals surface area (Å²) in [4.78, 5) is 13.8. The number of rotatable bonds is 3.